The fourth-order valence-electron chi connectivity index (χ4n) is 14.5. The Kier molecular flexibility index (Phi) is 10.4. The topological polar surface area (TPSA) is 45.2 Å². The second-order valence-electron chi connectivity index (χ2n) is 22.6. The molecule has 1 atom stereocenters. The predicted molar refractivity (Wildman–Crippen MR) is 336 cm³/mol. The van der Waals surface area contributed by atoms with Gasteiger partial charge in [-0.1, -0.05) is 206 Å². The highest BCUT2D eigenvalue weighted by Gasteiger charge is 2.54. The summed E-state index contributed by atoms with van der Waals surface area (Å²) in [6, 6.07) is 87.7. The van der Waals surface area contributed by atoms with Crippen LogP contribution in [0.1, 0.15) is 50.1 Å². The van der Waals surface area contributed by atoms with Gasteiger partial charge in [-0.15, -0.1) is 0 Å². The smallest absolute Gasteiger partial charge is 0.252 e. The number of hydrogen-bond acceptors (Lipinski definition) is 5. The van der Waals surface area contributed by atoms with Gasteiger partial charge in [0.1, 0.15) is 0 Å². The van der Waals surface area contributed by atoms with Gasteiger partial charge in [0.15, 0.2) is 17.5 Å². The molecule has 16 rings (SSSR count). The Hall–Kier alpha value is -9.91. The van der Waals surface area contributed by atoms with Crippen LogP contribution in [0.2, 0.25) is 0 Å². The van der Waals surface area contributed by atoms with Crippen molar-refractivity contribution in [3.63, 3.8) is 0 Å². The highest BCUT2D eigenvalue weighted by molar-refractivity contribution is 7.00. The summed E-state index contributed by atoms with van der Waals surface area (Å²) in [5, 5.41) is 0. The van der Waals surface area contributed by atoms with E-state index in [1.54, 1.807) is 0 Å². The summed E-state index contributed by atoms with van der Waals surface area (Å²) >= 11 is 0. The summed E-state index contributed by atoms with van der Waals surface area (Å²) in [7, 11) is 0. The van der Waals surface area contributed by atoms with Gasteiger partial charge in [-0.2, -0.15) is 0 Å². The third kappa shape index (κ3) is 6.90. The van der Waals surface area contributed by atoms with Crippen LogP contribution in [-0.2, 0) is 5.41 Å². The third-order valence-corrected chi connectivity index (χ3v) is 17.6. The first kappa shape index (κ1) is 47.1. The van der Waals surface area contributed by atoms with Crippen molar-refractivity contribution in [2.75, 3.05) is 9.80 Å². The van der Waals surface area contributed by atoms with Gasteiger partial charge in [-0.3, -0.25) is 0 Å². The normalized spacial score (nSPS) is 14.7. The summed E-state index contributed by atoms with van der Waals surface area (Å²) in [5.74, 6) is 1.92. The quantitative estimate of drug-likeness (QED) is 0.155. The van der Waals surface area contributed by atoms with E-state index in [-0.39, 0.29) is 6.71 Å². The van der Waals surface area contributed by atoms with E-state index in [0.717, 1.165) is 22.4 Å². The van der Waals surface area contributed by atoms with Crippen LogP contribution in [-0.4, -0.2) is 21.7 Å². The number of aromatic nitrogens is 3. The number of benzene rings is 11. The van der Waals surface area contributed by atoms with Crippen molar-refractivity contribution in [3.05, 3.63) is 287 Å². The summed E-state index contributed by atoms with van der Waals surface area (Å²) in [5.41, 5.74) is 31.8. The Labute approximate surface area is 473 Å². The Morgan fingerprint density at radius 1 is 0.309 bits per heavy atom. The lowest BCUT2D eigenvalue weighted by Gasteiger charge is -2.46. The van der Waals surface area contributed by atoms with Crippen LogP contribution in [0.3, 0.4) is 0 Å². The number of rotatable bonds is 6. The maximum absolute atomic E-state index is 5.30. The molecule has 2 aliphatic heterocycles. The summed E-state index contributed by atoms with van der Waals surface area (Å²) < 4.78 is 0. The molecule has 0 radical (unpaired) electrons. The number of para-hydroxylation sites is 1. The molecule has 11 aromatic carbocycles. The van der Waals surface area contributed by atoms with Crippen LogP contribution in [0.15, 0.2) is 237 Å². The van der Waals surface area contributed by atoms with Crippen molar-refractivity contribution in [1.29, 1.82) is 0 Å². The molecule has 0 amide bonds. The number of nitrogens with zero attached hydrogens (tertiary/aromatic N) is 5. The first-order valence-electron chi connectivity index (χ1n) is 28.2. The summed E-state index contributed by atoms with van der Waals surface area (Å²) in [6.07, 6.45) is 0. The lowest BCUT2D eigenvalue weighted by molar-refractivity contribution is 0.794. The second kappa shape index (κ2) is 17.8. The molecule has 4 aliphatic rings. The first-order chi connectivity index (χ1) is 39.7. The molecule has 0 saturated carbocycles. The largest absolute Gasteiger partial charge is 0.311 e. The van der Waals surface area contributed by atoms with E-state index in [9.17, 15) is 0 Å². The number of anilines is 6. The van der Waals surface area contributed by atoms with Crippen LogP contribution in [0.5, 0.6) is 0 Å². The van der Waals surface area contributed by atoms with Crippen molar-refractivity contribution in [2.24, 2.45) is 0 Å². The van der Waals surface area contributed by atoms with Gasteiger partial charge in [0, 0.05) is 45.0 Å². The zero-order valence-electron chi connectivity index (χ0n) is 45.8. The third-order valence-electron chi connectivity index (χ3n) is 17.6. The van der Waals surface area contributed by atoms with Crippen LogP contribution in [0.4, 0.5) is 34.1 Å². The first-order valence-corrected chi connectivity index (χ1v) is 28.2. The molecular formula is C75H54BN5. The molecule has 81 heavy (non-hydrogen) atoms. The van der Waals surface area contributed by atoms with E-state index in [1.807, 2.05) is 36.4 Å². The number of aryl methyl sites for hydroxylation is 5. The van der Waals surface area contributed by atoms with Crippen molar-refractivity contribution < 1.29 is 0 Å². The molecule has 6 heteroatoms. The van der Waals surface area contributed by atoms with E-state index in [4.69, 9.17) is 15.0 Å². The van der Waals surface area contributed by atoms with Crippen LogP contribution in [0.25, 0.3) is 67.5 Å². The highest BCUT2D eigenvalue weighted by Crippen LogP contribution is 2.64. The van der Waals surface area contributed by atoms with Gasteiger partial charge in [0.05, 0.1) is 16.8 Å². The van der Waals surface area contributed by atoms with Gasteiger partial charge in [0.25, 0.3) is 6.71 Å². The summed E-state index contributed by atoms with van der Waals surface area (Å²) in [4.78, 5) is 20.9. The molecule has 1 aromatic heterocycles. The summed E-state index contributed by atoms with van der Waals surface area (Å²) in [6.45, 7) is 11.2. The maximum atomic E-state index is 5.30. The lowest BCUT2D eigenvalue weighted by atomic mass is 9.33. The van der Waals surface area contributed by atoms with Crippen LogP contribution >= 0.6 is 0 Å². The standard InChI is InChI=1S/C75H54BN5/c1-45-33-36-63-66(39-45)81(71-48(4)37-46(2)38-49(71)5)69-41-47(3)40-68-70(69)76(63)64-43-58-56-29-16-19-31-60(56)75(62(58)44-67(64)80(68)65-32-20-17-27-54(65)50-21-9-6-10-22-50)59-30-18-15-28-55(59)57-35-34-53(42-61(57)75)74-78-72(51-23-11-7-12-24-51)77-73(79-74)52-25-13-8-14-26-52/h6-44H,1-5H3/t75-/m1/s1. The average molecular weight is 1040 g/mol. The molecule has 0 fully saturated rings. The molecule has 0 N–H and O–H groups in total. The van der Waals surface area contributed by atoms with Crippen molar-refractivity contribution in [2.45, 2.75) is 40.0 Å². The zero-order chi connectivity index (χ0) is 54.3. The SMILES string of the molecule is Cc1cc(C)c(N2c3cc(C)ccc3B3c4cc5c(cc4N(c4ccccc4-c4ccccc4)c4cc(C)cc2c43)[C@]2(c3ccccc3-c3ccc(-c4nc(-c6ccccc6)nc(-c6ccccc6)n4)cc32)c2ccccc2-5)c(C)c1. The predicted octanol–water partition coefficient (Wildman–Crippen LogP) is 16.5. The molecule has 0 unspecified atom stereocenters. The van der Waals surface area contributed by atoms with Crippen LogP contribution < -0.4 is 26.2 Å². The average Bonchev–Trinajstić information content (AvgIpc) is 2.21. The minimum atomic E-state index is -0.692. The second-order valence-corrected chi connectivity index (χ2v) is 22.6. The Bertz CT molecular complexity index is 4530. The molecule has 2 aliphatic carbocycles. The highest BCUT2D eigenvalue weighted by atomic mass is 15.2. The molecule has 0 saturated heterocycles. The number of fused-ring (bicyclic) bond motifs is 14. The molecule has 5 nitrogen and oxygen atoms in total. The van der Waals surface area contributed by atoms with E-state index in [1.165, 1.54) is 128 Å². The van der Waals surface area contributed by atoms with E-state index >= 15 is 0 Å². The van der Waals surface area contributed by atoms with Gasteiger partial charge in [-0.05, 0) is 160 Å². The molecule has 382 valence electrons. The zero-order valence-corrected chi connectivity index (χ0v) is 45.8. The van der Waals surface area contributed by atoms with E-state index < -0.39 is 5.41 Å². The molecule has 3 heterocycles. The van der Waals surface area contributed by atoms with Crippen molar-refractivity contribution >= 4 is 57.2 Å². The monoisotopic (exact) mass is 1040 g/mol. The van der Waals surface area contributed by atoms with Gasteiger partial charge < -0.3 is 9.80 Å². The van der Waals surface area contributed by atoms with Crippen molar-refractivity contribution in [1.82, 2.24) is 15.0 Å². The lowest BCUT2D eigenvalue weighted by Crippen LogP contribution is -2.61. The molecule has 1 spiro atoms. The Morgan fingerprint density at radius 2 is 0.790 bits per heavy atom. The Morgan fingerprint density at radius 3 is 1.43 bits per heavy atom. The minimum absolute atomic E-state index is 0.0751. The fourth-order valence-corrected chi connectivity index (χ4v) is 14.5. The Balaban J connectivity index is 0.999. The molecule has 0 bridgehead atoms. The number of hydrogen-bond donors (Lipinski definition) is 0. The van der Waals surface area contributed by atoms with E-state index in [0.29, 0.717) is 17.5 Å². The van der Waals surface area contributed by atoms with Gasteiger partial charge in [-0.25, -0.2) is 15.0 Å². The maximum Gasteiger partial charge on any atom is 0.252 e. The molecular weight excluding hydrogens is 982 g/mol. The minimum Gasteiger partial charge on any atom is -0.311 e. The van der Waals surface area contributed by atoms with Crippen LogP contribution in [0, 0.1) is 34.6 Å². The van der Waals surface area contributed by atoms with E-state index in [2.05, 4.69) is 245 Å². The molecule has 12 aromatic rings. The van der Waals surface area contributed by atoms with Crippen molar-refractivity contribution in [3.8, 4) is 67.5 Å². The van der Waals surface area contributed by atoms with Gasteiger partial charge >= 0.3 is 0 Å². The fraction of sp³-hybridized carbons (Fsp3) is 0.0800. The van der Waals surface area contributed by atoms with Gasteiger partial charge in [0.2, 0.25) is 0 Å².